The Bertz CT molecular complexity index is 1050. The number of benzene rings is 1. The van der Waals surface area contributed by atoms with Crippen molar-refractivity contribution in [3.8, 4) is 17.2 Å². The third-order valence-electron chi connectivity index (χ3n) is 5.56. The maximum atomic E-state index is 12.5. The third kappa shape index (κ3) is 2.89. The molecule has 3 aromatic rings. The van der Waals surface area contributed by atoms with E-state index in [-0.39, 0.29) is 5.91 Å². The molecular formula is C22H23N5O. The molecule has 2 heterocycles. The molecule has 0 unspecified atom stereocenters. The monoisotopic (exact) mass is 373 g/mol. The lowest BCUT2D eigenvalue weighted by Gasteiger charge is -2.12. The number of hydrogen-bond acceptors (Lipinski definition) is 4. The van der Waals surface area contributed by atoms with E-state index >= 15 is 0 Å². The Morgan fingerprint density at radius 3 is 2.82 bits per heavy atom. The number of nitrogens with one attached hydrogen (secondary N) is 1. The Hall–Kier alpha value is -3.02. The minimum atomic E-state index is -0.0734. The van der Waals surface area contributed by atoms with Gasteiger partial charge in [0.15, 0.2) is 0 Å². The number of nitrogens with zero attached hydrogens (tertiary/aromatic N) is 4. The van der Waals surface area contributed by atoms with Crippen LogP contribution in [-0.2, 0) is 12.8 Å². The molecule has 0 radical (unpaired) electrons. The molecule has 0 bridgehead atoms. The van der Waals surface area contributed by atoms with E-state index in [9.17, 15) is 4.79 Å². The van der Waals surface area contributed by atoms with Gasteiger partial charge in [-0.25, -0.2) is 14.6 Å². The van der Waals surface area contributed by atoms with Gasteiger partial charge in [0.05, 0.1) is 23.1 Å². The van der Waals surface area contributed by atoms with Crippen molar-refractivity contribution in [1.82, 2.24) is 25.1 Å². The van der Waals surface area contributed by atoms with Gasteiger partial charge in [0.1, 0.15) is 0 Å². The third-order valence-corrected chi connectivity index (χ3v) is 5.56. The standard InChI is InChI=1S/C22H23N5O/c1-2-23-21(28)18-13-25-27(20(18)15-10-11-15)22-24-12-16-8-5-7-14-6-3-4-9-17(14)19(16)26-22/h3-4,6,9,12-13,15H,2,5,7-8,10-11H2,1H3,(H,23,28). The number of carbonyl (C=O) groups is 1. The predicted octanol–water partition coefficient (Wildman–Crippen LogP) is 3.45. The van der Waals surface area contributed by atoms with Gasteiger partial charge in [-0.05, 0) is 50.2 Å². The highest BCUT2D eigenvalue weighted by atomic mass is 16.1. The molecule has 1 saturated carbocycles. The molecule has 1 fully saturated rings. The highest BCUT2D eigenvalue weighted by Crippen LogP contribution is 2.42. The van der Waals surface area contributed by atoms with Gasteiger partial charge in [0.25, 0.3) is 11.9 Å². The minimum absolute atomic E-state index is 0.0734. The molecule has 1 amide bonds. The summed E-state index contributed by atoms with van der Waals surface area (Å²) in [5.41, 5.74) is 6.27. The Balaban J connectivity index is 1.63. The van der Waals surface area contributed by atoms with Crippen molar-refractivity contribution in [2.75, 3.05) is 6.54 Å². The first-order chi connectivity index (χ1) is 13.8. The first kappa shape index (κ1) is 17.1. The minimum Gasteiger partial charge on any atom is -0.352 e. The molecule has 0 atom stereocenters. The molecule has 0 aliphatic heterocycles. The number of fused-ring (bicyclic) bond motifs is 3. The lowest BCUT2D eigenvalue weighted by molar-refractivity contribution is 0.0955. The second kappa shape index (κ2) is 6.86. The summed E-state index contributed by atoms with van der Waals surface area (Å²) in [7, 11) is 0. The van der Waals surface area contributed by atoms with Gasteiger partial charge >= 0.3 is 0 Å². The largest absolute Gasteiger partial charge is 0.352 e. The smallest absolute Gasteiger partial charge is 0.254 e. The van der Waals surface area contributed by atoms with Gasteiger partial charge in [-0.1, -0.05) is 24.3 Å². The molecule has 5 rings (SSSR count). The van der Waals surface area contributed by atoms with Gasteiger partial charge in [-0.3, -0.25) is 4.79 Å². The quantitative estimate of drug-likeness (QED) is 0.760. The van der Waals surface area contributed by atoms with E-state index in [2.05, 4.69) is 39.7 Å². The summed E-state index contributed by atoms with van der Waals surface area (Å²) in [5, 5.41) is 7.40. The summed E-state index contributed by atoms with van der Waals surface area (Å²) in [6, 6.07) is 8.47. The van der Waals surface area contributed by atoms with Gasteiger partial charge < -0.3 is 5.32 Å². The molecule has 28 heavy (non-hydrogen) atoms. The summed E-state index contributed by atoms with van der Waals surface area (Å²) in [6.45, 7) is 2.52. The van der Waals surface area contributed by atoms with Crippen molar-refractivity contribution in [2.24, 2.45) is 0 Å². The van der Waals surface area contributed by atoms with Gasteiger partial charge in [-0.15, -0.1) is 0 Å². The van der Waals surface area contributed by atoms with Crippen LogP contribution in [0.2, 0.25) is 0 Å². The normalized spacial score (nSPS) is 15.5. The van der Waals surface area contributed by atoms with Crippen molar-refractivity contribution in [2.45, 2.75) is 44.9 Å². The molecule has 6 nitrogen and oxygen atoms in total. The maximum Gasteiger partial charge on any atom is 0.254 e. The fourth-order valence-electron chi connectivity index (χ4n) is 4.05. The molecule has 2 aliphatic rings. The molecule has 0 saturated heterocycles. The van der Waals surface area contributed by atoms with Crippen molar-refractivity contribution < 1.29 is 4.79 Å². The molecule has 142 valence electrons. The van der Waals surface area contributed by atoms with Crippen LogP contribution in [0.5, 0.6) is 0 Å². The fraction of sp³-hybridized carbons (Fsp3) is 0.364. The van der Waals surface area contributed by atoms with E-state index in [1.54, 1.807) is 10.9 Å². The van der Waals surface area contributed by atoms with E-state index in [0.29, 0.717) is 24.0 Å². The lowest BCUT2D eigenvalue weighted by atomic mass is 10.0. The Labute approximate surface area is 164 Å². The molecule has 2 aromatic heterocycles. The molecule has 1 N–H and O–H groups in total. The predicted molar refractivity (Wildman–Crippen MR) is 107 cm³/mol. The zero-order chi connectivity index (χ0) is 19.1. The lowest BCUT2D eigenvalue weighted by Crippen LogP contribution is -2.23. The van der Waals surface area contributed by atoms with Gasteiger partial charge in [-0.2, -0.15) is 5.10 Å². The zero-order valence-electron chi connectivity index (χ0n) is 16.0. The second-order valence-electron chi connectivity index (χ2n) is 7.54. The number of aromatic nitrogens is 4. The summed E-state index contributed by atoms with van der Waals surface area (Å²) < 4.78 is 1.77. The number of amides is 1. The van der Waals surface area contributed by atoms with Crippen molar-refractivity contribution in [3.05, 3.63) is 59.0 Å². The first-order valence-electron chi connectivity index (χ1n) is 10.1. The van der Waals surface area contributed by atoms with Crippen molar-refractivity contribution in [1.29, 1.82) is 0 Å². The number of carbonyl (C=O) groups excluding carboxylic acids is 1. The summed E-state index contributed by atoms with van der Waals surface area (Å²) in [5.74, 6) is 0.832. The Morgan fingerprint density at radius 1 is 1.18 bits per heavy atom. The maximum absolute atomic E-state index is 12.5. The fourth-order valence-corrected chi connectivity index (χ4v) is 4.05. The average Bonchev–Trinajstić information content (AvgIpc) is 3.49. The highest BCUT2D eigenvalue weighted by Gasteiger charge is 2.33. The van der Waals surface area contributed by atoms with Crippen LogP contribution in [0.25, 0.3) is 17.2 Å². The number of aryl methyl sites for hydroxylation is 2. The van der Waals surface area contributed by atoms with Crippen LogP contribution in [0, 0.1) is 0 Å². The zero-order valence-corrected chi connectivity index (χ0v) is 16.0. The van der Waals surface area contributed by atoms with E-state index in [0.717, 1.165) is 43.5 Å². The molecule has 1 aromatic carbocycles. The highest BCUT2D eigenvalue weighted by molar-refractivity contribution is 5.95. The molecule has 0 spiro atoms. The molecule has 6 heteroatoms. The van der Waals surface area contributed by atoms with E-state index < -0.39 is 0 Å². The van der Waals surface area contributed by atoms with Crippen LogP contribution in [0.1, 0.15) is 59.3 Å². The summed E-state index contributed by atoms with van der Waals surface area (Å²) >= 11 is 0. The second-order valence-corrected chi connectivity index (χ2v) is 7.54. The topological polar surface area (TPSA) is 72.7 Å². The van der Waals surface area contributed by atoms with Crippen LogP contribution in [0.3, 0.4) is 0 Å². The van der Waals surface area contributed by atoms with E-state index in [1.807, 2.05) is 13.1 Å². The van der Waals surface area contributed by atoms with Crippen molar-refractivity contribution >= 4 is 5.91 Å². The van der Waals surface area contributed by atoms with Gasteiger partial charge in [0, 0.05) is 24.2 Å². The Kier molecular flexibility index (Phi) is 4.19. The van der Waals surface area contributed by atoms with Crippen LogP contribution in [0.4, 0.5) is 0 Å². The van der Waals surface area contributed by atoms with Crippen LogP contribution < -0.4 is 5.32 Å². The molecule has 2 aliphatic carbocycles. The van der Waals surface area contributed by atoms with Crippen LogP contribution in [-0.4, -0.2) is 32.2 Å². The molecular weight excluding hydrogens is 350 g/mol. The average molecular weight is 373 g/mol. The van der Waals surface area contributed by atoms with Gasteiger partial charge in [0.2, 0.25) is 0 Å². The number of rotatable bonds is 4. The van der Waals surface area contributed by atoms with Crippen LogP contribution in [0.15, 0.2) is 36.7 Å². The first-order valence-corrected chi connectivity index (χ1v) is 10.1. The van der Waals surface area contributed by atoms with E-state index in [1.165, 1.54) is 16.7 Å². The van der Waals surface area contributed by atoms with Crippen LogP contribution >= 0.6 is 0 Å². The number of hydrogen-bond donors (Lipinski definition) is 1. The van der Waals surface area contributed by atoms with E-state index in [4.69, 9.17) is 4.98 Å². The SMILES string of the molecule is CCNC(=O)c1cnn(-c2ncc3c(n2)-c2ccccc2CCC3)c1C1CC1. The van der Waals surface area contributed by atoms with Crippen molar-refractivity contribution in [3.63, 3.8) is 0 Å². The Morgan fingerprint density at radius 2 is 2.00 bits per heavy atom. The summed E-state index contributed by atoms with van der Waals surface area (Å²) in [4.78, 5) is 22.0. The summed E-state index contributed by atoms with van der Waals surface area (Å²) in [6.07, 6.45) is 8.87.